The number of piperidine rings is 1. The van der Waals surface area contributed by atoms with Crippen LogP contribution in [0.4, 0.5) is 5.13 Å². The largest absolute Gasteiger partial charge is 0.370 e. The molecule has 2 aliphatic heterocycles. The van der Waals surface area contributed by atoms with E-state index in [-0.39, 0.29) is 5.60 Å². The highest BCUT2D eigenvalue weighted by Gasteiger charge is 2.41. The Hall–Kier alpha value is -1.57. The van der Waals surface area contributed by atoms with E-state index >= 15 is 0 Å². The molecule has 0 bridgehead atoms. The van der Waals surface area contributed by atoms with E-state index in [2.05, 4.69) is 31.0 Å². The van der Waals surface area contributed by atoms with Crippen molar-refractivity contribution < 1.29 is 4.74 Å². The Kier molecular flexibility index (Phi) is 4.24. The third-order valence-electron chi connectivity index (χ3n) is 4.61. The molecule has 2 aliphatic rings. The standard InChI is InChI=1S/C16H21N5OS/c1-3-14(9-17-5-1)10-20-7-8-22-16(11-20)4-2-6-21(12-16)15-19-18-13-23-15/h1,3,5,9,13H,2,4,6-8,10-12H2. The fourth-order valence-electron chi connectivity index (χ4n) is 3.62. The summed E-state index contributed by atoms with van der Waals surface area (Å²) in [6, 6.07) is 4.15. The van der Waals surface area contributed by atoms with Crippen molar-refractivity contribution in [2.24, 2.45) is 0 Å². The Morgan fingerprint density at radius 2 is 2.30 bits per heavy atom. The van der Waals surface area contributed by atoms with Gasteiger partial charge in [-0.05, 0) is 24.5 Å². The maximum atomic E-state index is 6.26. The van der Waals surface area contributed by atoms with E-state index in [1.807, 2.05) is 18.5 Å². The van der Waals surface area contributed by atoms with Gasteiger partial charge in [-0.15, -0.1) is 10.2 Å². The maximum Gasteiger partial charge on any atom is 0.208 e. The van der Waals surface area contributed by atoms with Gasteiger partial charge in [0.25, 0.3) is 0 Å². The second-order valence-electron chi connectivity index (χ2n) is 6.35. The van der Waals surface area contributed by atoms with E-state index < -0.39 is 0 Å². The van der Waals surface area contributed by atoms with Crippen molar-refractivity contribution in [2.75, 3.05) is 37.7 Å². The molecule has 2 aromatic rings. The van der Waals surface area contributed by atoms with Crippen molar-refractivity contribution in [1.29, 1.82) is 0 Å². The summed E-state index contributed by atoms with van der Waals surface area (Å²) in [5.41, 5.74) is 2.98. The summed E-state index contributed by atoms with van der Waals surface area (Å²) in [4.78, 5) is 9.04. The maximum absolute atomic E-state index is 6.26. The molecule has 0 aliphatic carbocycles. The van der Waals surface area contributed by atoms with Gasteiger partial charge in [0.2, 0.25) is 5.13 Å². The number of nitrogens with zero attached hydrogens (tertiary/aromatic N) is 5. The topological polar surface area (TPSA) is 54.4 Å². The van der Waals surface area contributed by atoms with Gasteiger partial charge in [0.15, 0.2) is 0 Å². The van der Waals surface area contributed by atoms with Gasteiger partial charge in [-0.1, -0.05) is 17.4 Å². The lowest BCUT2D eigenvalue weighted by atomic mass is 9.91. The SMILES string of the molecule is c1cncc(CN2CCOC3(CCCN(c4nncs4)C3)C2)c1. The van der Waals surface area contributed by atoms with Gasteiger partial charge < -0.3 is 9.64 Å². The van der Waals surface area contributed by atoms with Crippen LogP contribution in [0.5, 0.6) is 0 Å². The predicted molar refractivity (Wildman–Crippen MR) is 89.6 cm³/mol. The van der Waals surface area contributed by atoms with E-state index in [0.29, 0.717) is 0 Å². The first kappa shape index (κ1) is 15.0. The molecule has 0 amide bonds. The van der Waals surface area contributed by atoms with Crippen molar-refractivity contribution >= 4 is 16.5 Å². The zero-order valence-electron chi connectivity index (χ0n) is 13.1. The number of morpholine rings is 1. The molecule has 7 heteroatoms. The number of rotatable bonds is 3. The smallest absolute Gasteiger partial charge is 0.208 e. The monoisotopic (exact) mass is 331 g/mol. The van der Waals surface area contributed by atoms with Crippen molar-refractivity contribution in [1.82, 2.24) is 20.1 Å². The lowest BCUT2D eigenvalue weighted by molar-refractivity contribution is -0.116. The minimum Gasteiger partial charge on any atom is -0.370 e. The molecule has 1 unspecified atom stereocenters. The highest BCUT2D eigenvalue weighted by atomic mass is 32.1. The molecule has 2 aromatic heterocycles. The molecule has 23 heavy (non-hydrogen) atoms. The van der Waals surface area contributed by atoms with Crippen molar-refractivity contribution in [2.45, 2.75) is 25.0 Å². The second kappa shape index (κ2) is 6.51. The summed E-state index contributed by atoms with van der Waals surface area (Å²) in [5, 5.41) is 9.20. The number of pyridine rings is 1. The lowest BCUT2D eigenvalue weighted by Gasteiger charge is -2.48. The molecule has 0 N–H and O–H groups in total. The van der Waals surface area contributed by atoms with Crippen LogP contribution in [0.1, 0.15) is 18.4 Å². The first-order valence-electron chi connectivity index (χ1n) is 8.09. The van der Waals surface area contributed by atoms with E-state index in [9.17, 15) is 0 Å². The molecule has 1 atom stereocenters. The second-order valence-corrected chi connectivity index (χ2v) is 7.16. The van der Waals surface area contributed by atoms with Gasteiger partial charge in [-0.2, -0.15) is 0 Å². The van der Waals surface area contributed by atoms with E-state index in [0.717, 1.165) is 57.3 Å². The van der Waals surface area contributed by atoms with Gasteiger partial charge >= 0.3 is 0 Å². The molecule has 0 aromatic carbocycles. The molecular formula is C16H21N5OS. The van der Waals surface area contributed by atoms with Crippen LogP contribution in [0.2, 0.25) is 0 Å². The molecular weight excluding hydrogens is 310 g/mol. The summed E-state index contributed by atoms with van der Waals surface area (Å²) < 4.78 is 6.26. The Morgan fingerprint density at radius 3 is 3.13 bits per heavy atom. The Morgan fingerprint density at radius 1 is 1.30 bits per heavy atom. The zero-order chi connectivity index (χ0) is 15.5. The number of hydrogen-bond acceptors (Lipinski definition) is 7. The van der Waals surface area contributed by atoms with Crippen molar-refractivity contribution in [3.8, 4) is 0 Å². The molecule has 0 saturated carbocycles. The number of hydrogen-bond donors (Lipinski definition) is 0. The quantitative estimate of drug-likeness (QED) is 0.855. The van der Waals surface area contributed by atoms with E-state index in [4.69, 9.17) is 4.74 Å². The summed E-state index contributed by atoms with van der Waals surface area (Å²) in [6.45, 7) is 5.64. The number of ether oxygens (including phenoxy) is 1. The molecule has 4 rings (SSSR count). The van der Waals surface area contributed by atoms with Crippen molar-refractivity contribution in [3.63, 3.8) is 0 Å². The summed E-state index contributed by atoms with van der Waals surface area (Å²) in [5.74, 6) is 0. The van der Waals surface area contributed by atoms with Gasteiger partial charge in [-0.3, -0.25) is 9.88 Å². The summed E-state index contributed by atoms with van der Waals surface area (Å²) in [6.07, 6.45) is 6.04. The van der Waals surface area contributed by atoms with Crippen LogP contribution in [0.3, 0.4) is 0 Å². The average molecular weight is 331 g/mol. The Bertz CT molecular complexity index is 619. The normalized spacial score (nSPS) is 25.8. The van der Waals surface area contributed by atoms with E-state index in [1.165, 1.54) is 5.56 Å². The van der Waals surface area contributed by atoms with Crippen LogP contribution < -0.4 is 4.90 Å². The summed E-state index contributed by atoms with van der Waals surface area (Å²) in [7, 11) is 0. The van der Waals surface area contributed by atoms with Crippen LogP contribution in [-0.4, -0.2) is 58.5 Å². The van der Waals surface area contributed by atoms with Crippen molar-refractivity contribution in [3.05, 3.63) is 35.6 Å². The minimum absolute atomic E-state index is 0.0790. The Labute approximate surface area is 140 Å². The molecule has 0 radical (unpaired) electrons. The van der Waals surface area contributed by atoms with Gasteiger partial charge in [0.1, 0.15) is 5.51 Å². The number of anilines is 1. The van der Waals surface area contributed by atoms with Crippen LogP contribution in [0.15, 0.2) is 30.0 Å². The Balaban J connectivity index is 1.45. The predicted octanol–water partition coefficient (Wildman–Crippen LogP) is 1.80. The lowest BCUT2D eigenvalue weighted by Crippen LogP contribution is -2.59. The van der Waals surface area contributed by atoms with Crippen LogP contribution in [0, 0.1) is 0 Å². The van der Waals surface area contributed by atoms with Gasteiger partial charge in [0, 0.05) is 38.6 Å². The summed E-state index contributed by atoms with van der Waals surface area (Å²) >= 11 is 1.61. The first-order valence-corrected chi connectivity index (χ1v) is 8.97. The van der Waals surface area contributed by atoms with Crippen LogP contribution >= 0.6 is 11.3 Å². The third-order valence-corrected chi connectivity index (χ3v) is 5.37. The van der Waals surface area contributed by atoms with Gasteiger partial charge in [-0.25, -0.2) is 0 Å². The highest BCUT2D eigenvalue weighted by molar-refractivity contribution is 7.13. The third kappa shape index (κ3) is 3.36. The zero-order valence-corrected chi connectivity index (χ0v) is 13.9. The average Bonchev–Trinajstić information content (AvgIpc) is 3.10. The molecule has 2 saturated heterocycles. The molecule has 4 heterocycles. The first-order chi connectivity index (χ1) is 11.3. The molecule has 6 nitrogen and oxygen atoms in total. The number of aromatic nitrogens is 3. The highest BCUT2D eigenvalue weighted by Crippen LogP contribution is 2.32. The molecule has 122 valence electrons. The molecule has 1 spiro atoms. The fraction of sp³-hybridized carbons (Fsp3) is 0.562. The minimum atomic E-state index is -0.0790. The van der Waals surface area contributed by atoms with E-state index in [1.54, 1.807) is 16.8 Å². The van der Waals surface area contributed by atoms with Crippen LogP contribution in [0.25, 0.3) is 0 Å². The fourth-order valence-corrected chi connectivity index (χ4v) is 4.21. The van der Waals surface area contributed by atoms with Gasteiger partial charge in [0.05, 0.1) is 18.8 Å². The molecule has 2 fully saturated rings. The van der Waals surface area contributed by atoms with Crippen LogP contribution in [-0.2, 0) is 11.3 Å².